The van der Waals surface area contributed by atoms with E-state index in [2.05, 4.69) is 6.58 Å². The van der Waals surface area contributed by atoms with Gasteiger partial charge in [-0.25, -0.2) is 4.79 Å². The van der Waals surface area contributed by atoms with Crippen molar-refractivity contribution in [2.45, 2.75) is 47.1 Å². The lowest BCUT2D eigenvalue weighted by Gasteiger charge is -2.15. The Balaban J connectivity index is 0.000000204. The molecule has 0 saturated carbocycles. The third-order valence-corrected chi connectivity index (χ3v) is 9.18. The summed E-state index contributed by atoms with van der Waals surface area (Å²) in [4.78, 5) is 55.8. The van der Waals surface area contributed by atoms with Gasteiger partial charge < -0.3 is 23.7 Å². The molecule has 61 heavy (non-hydrogen) atoms. The maximum atomic E-state index is 11.3. The van der Waals surface area contributed by atoms with Gasteiger partial charge in [0.05, 0.1) is 19.8 Å². The average Bonchev–Trinajstić information content (AvgIpc) is 3.27. The Hall–Kier alpha value is -7.33. The van der Waals surface area contributed by atoms with Crippen molar-refractivity contribution < 1.29 is 47.7 Å². The molecule has 0 fully saturated rings. The number of carbonyl (C=O) groups excluding carboxylic acids is 5. The van der Waals surface area contributed by atoms with E-state index in [1.54, 1.807) is 81.6 Å². The van der Waals surface area contributed by atoms with Crippen LogP contribution >= 0.6 is 0 Å². The highest BCUT2D eigenvalue weighted by Crippen LogP contribution is 2.24. The van der Waals surface area contributed by atoms with Crippen LogP contribution in [0.2, 0.25) is 0 Å². The van der Waals surface area contributed by atoms with Crippen molar-refractivity contribution >= 4 is 39.9 Å². The van der Waals surface area contributed by atoms with Crippen LogP contribution in [0.25, 0.3) is 21.9 Å². The van der Waals surface area contributed by atoms with Crippen LogP contribution in [0.15, 0.2) is 146 Å². The molecule has 0 N–H and O–H groups in total. The largest absolute Gasteiger partial charge is 0.497 e. The summed E-state index contributed by atoms with van der Waals surface area (Å²) in [7, 11) is 1.65. The fraction of sp³-hybridized carbons (Fsp3) is 0.196. The minimum Gasteiger partial charge on any atom is -0.497 e. The number of rotatable bonds is 16. The highest BCUT2D eigenvalue weighted by Gasteiger charge is 2.08. The van der Waals surface area contributed by atoms with Gasteiger partial charge in [0.25, 0.3) is 0 Å². The van der Waals surface area contributed by atoms with E-state index in [1.807, 2.05) is 79.7 Å². The summed E-state index contributed by atoms with van der Waals surface area (Å²) in [5, 5.41) is 1.90. The first-order valence-electron chi connectivity index (χ1n) is 19.5. The number of hydrogen-bond donors (Lipinski definition) is 0. The molecule has 6 aromatic rings. The summed E-state index contributed by atoms with van der Waals surface area (Å²) >= 11 is 0. The van der Waals surface area contributed by atoms with Gasteiger partial charge >= 0.3 is 5.97 Å². The van der Waals surface area contributed by atoms with Crippen molar-refractivity contribution in [2.24, 2.45) is 0 Å². The van der Waals surface area contributed by atoms with Gasteiger partial charge in [-0.1, -0.05) is 61.2 Å². The number of carbonyl (C=O) groups is 5. The zero-order chi connectivity index (χ0) is 44.3. The van der Waals surface area contributed by atoms with Crippen LogP contribution in [0.1, 0.15) is 82.5 Å². The molecule has 10 nitrogen and oxygen atoms in total. The first-order chi connectivity index (χ1) is 29.3. The van der Waals surface area contributed by atoms with Crippen LogP contribution in [-0.4, -0.2) is 55.7 Å². The molecule has 1 atom stereocenters. The number of ketones is 4. The van der Waals surface area contributed by atoms with Crippen LogP contribution in [0.3, 0.4) is 0 Å². The number of methoxy groups -OCH3 is 1. The van der Waals surface area contributed by atoms with E-state index in [9.17, 15) is 24.0 Å². The number of esters is 1. The monoisotopic (exact) mass is 822 g/mol. The predicted octanol–water partition coefficient (Wildman–Crippen LogP) is 11.0. The first-order valence-corrected chi connectivity index (χ1v) is 19.5. The lowest BCUT2D eigenvalue weighted by atomic mass is 10.0. The molecule has 6 rings (SSSR count). The van der Waals surface area contributed by atoms with E-state index in [0.717, 1.165) is 57.2 Å². The predicted molar refractivity (Wildman–Crippen MR) is 237 cm³/mol. The lowest BCUT2D eigenvalue weighted by Crippen LogP contribution is -2.15. The zero-order valence-electron chi connectivity index (χ0n) is 35.3. The number of ether oxygens (including phenoxy) is 5. The molecule has 0 aliphatic heterocycles. The zero-order valence-corrected chi connectivity index (χ0v) is 35.3. The van der Waals surface area contributed by atoms with Crippen molar-refractivity contribution in [1.29, 1.82) is 0 Å². The summed E-state index contributed by atoms with van der Waals surface area (Å²) in [6.07, 6.45) is 1.79. The molecular formula is C51H50O10. The quantitative estimate of drug-likeness (QED) is 0.0402. The number of fused-ring (bicyclic) bond motifs is 1. The van der Waals surface area contributed by atoms with Crippen LogP contribution < -0.4 is 18.9 Å². The average molecular weight is 823 g/mol. The summed E-state index contributed by atoms with van der Waals surface area (Å²) in [5.41, 5.74) is 4.97. The highest BCUT2D eigenvalue weighted by molar-refractivity contribution is 5.99. The maximum absolute atomic E-state index is 11.3. The van der Waals surface area contributed by atoms with Gasteiger partial charge in [-0.2, -0.15) is 0 Å². The Morgan fingerprint density at radius 2 is 0.951 bits per heavy atom. The Kier molecular flexibility index (Phi) is 17.7. The third kappa shape index (κ3) is 15.1. The van der Waals surface area contributed by atoms with Crippen molar-refractivity contribution in [3.8, 4) is 34.1 Å². The second-order valence-electron chi connectivity index (χ2n) is 13.8. The number of Topliss-reactive ketones (excluding diaryl/α,β-unsaturated/α-hetero) is 4. The molecule has 6 aromatic carbocycles. The van der Waals surface area contributed by atoms with Gasteiger partial charge in [0.2, 0.25) is 6.79 Å². The van der Waals surface area contributed by atoms with Crippen LogP contribution in [0, 0.1) is 0 Å². The van der Waals surface area contributed by atoms with Gasteiger partial charge in [-0.3, -0.25) is 19.2 Å². The Morgan fingerprint density at radius 3 is 1.46 bits per heavy atom. The van der Waals surface area contributed by atoms with Crippen molar-refractivity contribution in [3.63, 3.8) is 0 Å². The minimum absolute atomic E-state index is 0.00956. The normalized spacial score (nSPS) is 10.7. The van der Waals surface area contributed by atoms with E-state index in [0.29, 0.717) is 29.0 Å². The van der Waals surface area contributed by atoms with Gasteiger partial charge in [-0.05, 0) is 135 Å². The van der Waals surface area contributed by atoms with E-state index >= 15 is 0 Å². The SMILES string of the molecule is C=CC(=O)OCOc1ccc2cc(C(C)=O)ccc2c1.CC(=O)c1ccc(OCCC(C)Oc2ccc(C(C)=O)cc2)cc1.COc1ccc(-c2ccc(C(C)=O)cc2)cc1. The molecule has 0 aliphatic rings. The summed E-state index contributed by atoms with van der Waals surface area (Å²) in [5.74, 6) is 2.57. The summed E-state index contributed by atoms with van der Waals surface area (Å²) in [6.45, 7) is 11.8. The topological polar surface area (TPSA) is 132 Å². The fourth-order valence-corrected chi connectivity index (χ4v) is 5.62. The smallest absolute Gasteiger partial charge is 0.333 e. The van der Waals surface area contributed by atoms with Crippen LogP contribution in [-0.2, 0) is 9.53 Å². The fourth-order valence-electron chi connectivity index (χ4n) is 5.62. The van der Waals surface area contributed by atoms with Gasteiger partial charge in [0, 0.05) is 34.8 Å². The summed E-state index contributed by atoms with van der Waals surface area (Å²) in [6, 6.07) is 40.6. The molecule has 0 spiro atoms. The molecule has 0 amide bonds. The highest BCUT2D eigenvalue weighted by atomic mass is 16.7. The van der Waals surface area contributed by atoms with E-state index in [1.165, 1.54) is 13.8 Å². The van der Waals surface area contributed by atoms with Crippen molar-refractivity contribution in [2.75, 3.05) is 20.5 Å². The van der Waals surface area contributed by atoms with Crippen molar-refractivity contribution in [1.82, 2.24) is 0 Å². The maximum Gasteiger partial charge on any atom is 0.333 e. The van der Waals surface area contributed by atoms with Gasteiger partial charge in [-0.15, -0.1) is 0 Å². The number of benzene rings is 6. The second kappa shape index (κ2) is 23.3. The molecule has 0 heterocycles. The molecule has 0 saturated heterocycles. The Bertz CT molecular complexity index is 2410. The van der Waals surface area contributed by atoms with Crippen LogP contribution in [0.4, 0.5) is 0 Å². The van der Waals surface area contributed by atoms with Crippen molar-refractivity contribution in [3.05, 3.63) is 168 Å². The second-order valence-corrected chi connectivity index (χ2v) is 13.8. The Labute approximate surface area is 356 Å². The molecule has 314 valence electrons. The molecule has 0 bridgehead atoms. The lowest BCUT2D eigenvalue weighted by molar-refractivity contribution is -0.144. The molecule has 0 radical (unpaired) electrons. The molecule has 0 aliphatic carbocycles. The minimum atomic E-state index is -0.531. The van der Waals surface area contributed by atoms with E-state index < -0.39 is 5.97 Å². The molecule has 1 unspecified atom stereocenters. The molecular weight excluding hydrogens is 773 g/mol. The van der Waals surface area contributed by atoms with Gasteiger partial charge in [0.15, 0.2) is 23.1 Å². The summed E-state index contributed by atoms with van der Waals surface area (Å²) < 4.78 is 26.6. The molecule has 10 heteroatoms. The number of hydrogen-bond acceptors (Lipinski definition) is 10. The molecule has 0 aromatic heterocycles. The van der Waals surface area contributed by atoms with E-state index in [4.69, 9.17) is 23.7 Å². The Morgan fingerprint density at radius 1 is 0.525 bits per heavy atom. The van der Waals surface area contributed by atoms with Gasteiger partial charge in [0.1, 0.15) is 23.0 Å². The van der Waals surface area contributed by atoms with Crippen LogP contribution in [0.5, 0.6) is 23.0 Å². The first kappa shape index (κ1) is 46.4. The standard InChI is InChI=1S/C20H22O4.C16H14O4.C15H14O2/c1-14(24-20-10-6-18(7-11-20)16(3)22)12-13-23-19-8-4-17(5-9-19)15(2)21;1-3-16(18)20-10-19-15-7-6-13-8-12(11(2)17)4-5-14(13)9-15;1-11(16)12-3-5-13(6-4-12)14-7-9-15(17-2)10-8-14/h4-11,14H,12-13H2,1-3H3;3-9H,1,10H2,2H3;3-10H,1-2H3. The van der Waals surface area contributed by atoms with E-state index in [-0.39, 0.29) is 36.0 Å². The third-order valence-electron chi connectivity index (χ3n) is 9.18.